The highest BCUT2D eigenvalue weighted by Crippen LogP contribution is 2.50. The van der Waals surface area contributed by atoms with E-state index in [1.165, 1.54) is 60.9 Å². The zero-order chi connectivity index (χ0) is 32.7. The van der Waals surface area contributed by atoms with E-state index in [9.17, 15) is 14.5 Å². The summed E-state index contributed by atoms with van der Waals surface area (Å²) in [5.74, 6) is -1.91. The molecule has 0 saturated heterocycles. The fourth-order valence-corrected chi connectivity index (χ4v) is 5.45. The minimum Gasteiger partial charge on any atom is -0.481 e. The monoisotopic (exact) mass is 642 g/mol. The largest absolute Gasteiger partial charge is 0.481 e. The van der Waals surface area contributed by atoms with Crippen molar-refractivity contribution in [3.8, 4) is 47.0 Å². The number of aromatic nitrogens is 4. The molecule has 16 heteroatoms. The third-order valence-electron chi connectivity index (χ3n) is 6.36. The van der Waals surface area contributed by atoms with Crippen LogP contribution < -0.4 is 33.7 Å². The average Bonchev–Trinajstić information content (AvgIpc) is 3.05. The fourth-order valence-electron chi connectivity index (χ4n) is 4.12. The van der Waals surface area contributed by atoms with E-state index in [4.69, 9.17) is 37.5 Å². The lowest BCUT2D eigenvalue weighted by atomic mass is 9.99. The van der Waals surface area contributed by atoms with Crippen LogP contribution in [0.15, 0.2) is 42.5 Å². The first-order valence-corrected chi connectivity index (χ1v) is 14.6. The number of carboxylic acid groups (broad SMARTS) is 1. The van der Waals surface area contributed by atoms with Gasteiger partial charge in [0.1, 0.15) is 11.3 Å². The van der Waals surface area contributed by atoms with E-state index < -0.39 is 19.1 Å². The zero-order valence-electron chi connectivity index (χ0n) is 25.5. The highest BCUT2D eigenvalue weighted by Gasteiger charge is 2.36. The van der Waals surface area contributed by atoms with Crippen molar-refractivity contribution in [3.63, 3.8) is 0 Å². The Bertz CT molecular complexity index is 1680. The molecule has 0 aliphatic heterocycles. The highest BCUT2D eigenvalue weighted by atomic mass is 31.2. The fraction of sp³-hybridized carbons (Fsp3) is 0.276. The second kappa shape index (κ2) is 14.2. The van der Waals surface area contributed by atoms with E-state index in [-0.39, 0.29) is 64.3 Å². The molecule has 4 aromatic rings. The topological polar surface area (TPSA) is 180 Å². The minimum atomic E-state index is -4.13. The van der Waals surface area contributed by atoms with Gasteiger partial charge in [0.05, 0.1) is 45.9 Å². The summed E-state index contributed by atoms with van der Waals surface area (Å²) in [7, 11) is 3.75. The first kappa shape index (κ1) is 32.9. The third kappa shape index (κ3) is 7.40. The van der Waals surface area contributed by atoms with Crippen molar-refractivity contribution in [1.82, 2.24) is 19.9 Å². The van der Waals surface area contributed by atoms with Gasteiger partial charge < -0.3 is 42.6 Å². The molecule has 0 aliphatic carbocycles. The molecule has 0 bridgehead atoms. The number of hydrogen-bond donors (Lipinski definition) is 1. The van der Waals surface area contributed by atoms with E-state index in [0.717, 1.165) is 11.1 Å². The Hall–Kier alpha value is -4.98. The maximum atomic E-state index is 14.1. The average molecular weight is 643 g/mol. The molecule has 45 heavy (non-hydrogen) atoms. The number of methoxy groups -OCH3 is 4. The molecule has 2 heterocycles. The van der Waals surface area contributed by atoms with Gasteiger partial charge in [0.15, 0.2) is 5.75 Å². The van der Waals surface area contributed by atoms with Crippen molar-refractivity contribution in [3.05, 3.63) is 64.7 Å². The van der Waals surface area contributed by atoms with Crippen molar-refractivity contribution in [2.24, 2.45) is 0 Å². The summed E-state index contributed by atoms with van der Waals surface area (Å²) in [5, 5.41) is 10.5. The van der Waals surface area contributed by atoms with Crippen LogP contribution in [0.25, 0.3) is 0 Å². The van der Waals surface area contributed by atoms with E-state index in [1.807, 2.05) is 31.2 Å². The SMILES string of the molecule is COc1cc(OC)nc(Oc2cc(P(=O)(OC)OC)c(Cc3ccc(C)cc3)c(Oc3nc(OC)cc(OC)n3)c2C(=O)O)n1. The van der Waals surface area contributed by atoms with E-state index in [2.05, 4.69) is 19.9 Å². The molecule has 238 valence electrons. The predicted octanol–water partition coefficient (Wildman–Crippen LogP) is 4.59. The summed E-state index contributed by atoms with van der Waals surface area (Å²) < 4.78 is 57.6. The van der Waals surface area contributed by atoms with Crippen molar-refractivity contribution in [2.75, 3.05) is 42.7 Å². The lowest BCUT2D eigenvalue weighted by molar-refractivity contribution is 0.0690. The Morgan fingerprint density at radius 2 is 1.20 bits per heavy atom. The molecule has 1 N–H and O–H groups in total. The summed E-state index contributed by atoms with van der Waals surface area (Å²) in [5.41, 5.74) is 1.34. The molecule has 0 unspecified atom stereocenters. The number of aromatic carboxylic acids is 1. The van der Waals surface area contributed by atoms with Crippen molar-refractivity contribution in [1.29, 1.82) is 0 Å². The number of carboxylic acids is 1. The van der Waals surface area contributed by atoms with Gasteiger partial charge in [-0.3, -0.25) is 4.57 Å². The summed E-state index contributed by atoms with van der Waals surface area (Å²) in [6.45, 7) is 1.92. The molecular formula is C29H31N4O11P. The summed E-state index contributed by atoms with van der Waals surface area (Å²) >= 11 is 0. The standard InChI is InChI=1S/C29H31N4O11P/c1-16-8-10-17(11-9-16)12-18-20(45(36,41-6)42-7)13-19(43-28-30-21(37-2)14-22(31-28)38-3)25(27(34)35)26(18)44-29-32-23(39-4)15-24(33-29)40-5/h8-11,13-15H,12H2,1-7H3,(H,34,35). The number of benzene rings is 2. The Labute approximate surface area is 258 Å². The van der Waals surface area contributed by atoms with Gasteiger partial charge in [-0.05, 0) is 18.6 Å². The predicted molar refractivity (Wildman–Crippen MR) is 159 cm³/mol. The van der Waals surface area contributed by atoms with Gasteiger partial charge in [-0.1, -0.05) is 29.8 Å². The van der Waals surface area contributed by atoms with Gasteiger partial charge in [-0.15, -0.1) is 0 Å². The second-order valence-corrected chi connectivity index (χ2v) is 11.3. The van der Waals surface area contributed by atoms with Gasteiger partial charge in [-0.2, -0.15) is 19.9 Å². The maximum Gasteiger partial charge on any atom is 0.361 e. The van der Waals surface area contributed by atoms with Gasteiger partial charge in [0.25, 0.3) is 0 Å². The molecule has 2 aromatic heterocycles. The summed E-state index contributed by atoms with van der Waals surface area (Å²) in [6.07, 6.45) is 0.0206. The minimum absolute atomic E-state index is 0.0206. The molecule has 0 atom stereocenters. The Morgan fingerprint density at radius 3 is 1.62 bits per heavy atom. The number of rotatable bonds is 14. The smallest absolute Gasteiger partial charge is 0.361 e. The van der Waals surface area contributed by atoms with Crippen LogP contribution in [0.3, 0.4) is 0 Å². The lowest BCUT2D eigenvalue weighted by Crippen LogP contribution is -2.20. The molecule has 0 saturated carbocycles. The molecule has 0 radical (unpaired) electrons. The van der Waals surface area contributed by atoms with Crippen LogP contribution in [-0.4, -0.2) is 73.7 Å². The van der Waals surface area contributed by atoms with Crippen LogP contribution >= 0.6 is 7.60 Å². The number of hydrogen-bond acceptors (Lipinski definition) is 14. The quantitative estimate of drug-likeness (QED) is 0.189. The van der Waals surface area contributed by atoms with E-state index in [0.29, 0.717) is 0 Å². The molecule has 0 spiro atoms. The first-order chi connectivity index (χ1) is 21.6. The van der Waals surface area contributed by atoms with E-state index in [1.54, 1.807) is 0 Å². The maximum absolute atomic E-state index is 14.1. The Kier molecular flexibility index (Phi) is 10.4. The second-order valence-electron chi connectivity index (χ2n) is 9.08. The van der Waals surface area contributed by atoms with Crippen LogP contribution in [0, 0.1) is 6.92 Å². The van der Waals surface area contributed by atoms with Crippen LogP contribution in [-0.2, 0) is 20.0 Å². The molecule has 0 fully saturated rings. The molecular weight excluding hydrogens is 611 g/mol. The Balaban J connectivity index is 2.08. The summed E-state index contributed by atoms with van der Waals surface area (Å²) in [4.78, 5) is 29.6. The summed E-state index contributed by atoms with van der Waals surface area (Å²) in [6, 6.07) is 10.7. The molecule has 0 amide bonds. The first-order valence-electron chi connectivity index (χ1n) is 13.1. The number of carbonyl (C=O) groups is 1. The molecule has 15 nitrogen and oxygen atoms in total. The number of ether oxygens (including phenoxy) is 6. The van der Waals surface area contributed by atoms with Gasteiger partial charge in [-0.25, -0.2) is 4.79 Å². The van der Waals surface area contributed by atoms with Gasteiger partial charge in [0.2, 0.25) is 23.5 Å². The van der Waals surface area contributed by atoms with Crippen LogP contribution in [0.5, 0.6) is 47.0 Å². The lowest BCUT2D eigenvalue weighted by Gasteiger charge is -2.23. The van der Waals surface area contributed by atoms with Crippen LogP contribution in [0.2, 0.25) is 0 Å². The number of nitrogens with zero attached hydrogens (tertiary/aromatic N) is 4. The third-order valence-corrected chi connectivity index (χ3v) is 8.31. The van der Waals surface area contributed by atoms with Crippen molar-refractivity contribution >= 4 is 18.9 Å². The van der Waals surface area contributed by atoms with Crippen LogP contribution in [0.1, 0.15) is 27.0 Å². The van der Waals surface area contributed by atoms with Gasteiger partial charge >= 0.3 is 25.6 Å². The van der Waals surface area contributed by atoms with Crippen molar-refractivity contribution < 1.29 is 51.9 Å². The molecule has 4 rings (SSSR count). The number of aryl methyl sites for hydroxylation is 1. The Morgan fingerprint density at radius 1 is 0.733 bits per heavy atom. The van der Waals surface area contributed by atoms with Gasteiger partial charge in [0, 0.05) is 26.2 Å². The normalized spacial score (nSPS) is 11.1. The van der Waals surface area contributed by atoms with Crippen LogP contribution in [0.4, 0.5) is 0 Å². The zero-order valence-corrected chi connectivity index (χ0v) is 26.4. The van der Waals surface area contributed by atoms with Crippen molar-refractivity contribution in [2.45, 2.75) is 13.3 Å². The highest BCUT2D eigenvalue weighted by molar-refractivity contribution is 7.62. The molecule has 0 aliphatic rings. The van der Waals surface area contributed by atoms with E-state index >= 15 is 0 Å². The molecule has 2 aromatic carbocycles.